The summed E-state index contributed by atoms with van der Waals surface area (Å²) in [6.07, 6.45) is 7.93. The molecule has 2 atom stereocenters. The smallest absolute Gasteiger partial charge is 0.226 e. The lowest BCUT2D eigenvalue weighted by molar-refractivity contribution is 0.102. The molecule has 174 valence electrons. The van der Waals surface area contributed by atoms with E-state index in [-0.39, 0.29) is 0 Å². The Labute approximate surface area is 199 Å². The van der Waals surface area contributed by atoms with Crippen molar-refractivity contribution in [1.29, 1.82) is 0 Å². The second-order valence-electron chi connectivity index (χ2n) is 8.66. The molecule has 2 aliphatic rings. The van der Waals surface area contributed by atoms with Gasteiger partial charge in [0, 0.05) is 24.5 Å². The quantitative estimate of drug-likeness (QED) is 0.413. The van der Waals surface area contributed by atoms with E-state index in [4.69, 9.17) is 14.5 Å². The summed E-state index contributed by atoms with van der Waals surface area (Å²) < 4.78 is 13.5. The van der Waals surface area contributed by atoms with Gasteiger partial charge in [-0.25, -0.2) is 29.4 Å². The van der Waals surface area contributed by atoms with Crippen molar-refractivity contribution >= 4 is 34.1 Å². The van der Waals surface area contributed by atoms with E-state index < -0.39 is 0 Å². The SMILES string of the molecule is Cc1cc(Nc2ncnc3cnc(N4CCOC5CC54)nc23)ccc1Oc1ccn2ncnc2c1. The minimum absolute atomic E-state index is 0.301. The zero-order valence-corrected chi connectivity index (χ0v) is 18.9. The molecule has 0 amide bonds. The molecule has 7 rings (SSSR count). The van der Waals surface area contributed by atoms with Crippen LogP contribution in [0.3, 0.4) is 0 Å². The number of benzene rings is 1. The highest BCUT2D eigenvalue weighted by molar-refractivity contribution is 5.87. The molecule has 4 aromatic heterocycles. The molecule has 1 saturated carbocycles. The number of hydrogen-bond acceptors (Lipinski definition) is 10. The summed E-state index contributed by atoms with van der Waals surface area (Å²) in [4.78, 5) is 24.6. The molecule has 0 radical (unpaired) electrons. The maximum atomic E-state index is 6.09. The van der Waals surface area contributed by atoms with Gasteiger partial charge in [0.2, 0.25) is 5.95 Å². The monoisotopic (exact) mass is 467 g/mol. The lowest BCUT2D eigenvalue weighted by Crippen LogP contribution is -2.37. The second kappa shape index (κ2) is 7.84. The number of ether oxygens (including phenoxy) is 2. The maximum Gasteiger partial charge on any atom is 0.226 e. The van der Waals surface area contributed by atoms with Crippen LogP contribution in [0, 0.1) is 6.92 Å². The number of nitrogens with one attached hydrogen (secondary N) is 1. The first-order valence-electron chi connectivity index (χ1n) is 11.4. The number of fused-ring (bicyclic) bond motifs is 3. The van der Waals surface area contributed by atoms with E-state index in [1.807, 2.05) is 43.5 Å². The third-order valence-electron chi connectivity index (χ3n) is 6.30. The van der Waals surface area contributed by atoms with Crippen molar-refractivity contribution < 1.29 is 9.47 Å². The van der Waals surface area contributed by atoms with Crippen LogP contribution in [-0.2, 0) is 4.74 Å². The van der Waals surface area contributed by atoms with Gasteiger partial charge >= 0.3 is 0 Å². The van der Waals surface area contributed by atoms with Crippen molar-refractivity contribution in [1.82, 2.24) is 34.5 Å². The predicted octanol–water partition coefficient (Wildman–Crippen LogP) is 3.28. The van der Waals surface area contributed by atoms with E-state index in [1.54, 1.807) is 10.7 Å². The topological polar surface area (TPSA) is 115 Å². The van der Waals surface area contributed by atoms with Crippen LogP contribution >= 0.6 is 0 Å². The molecule has 2 unspecified atom stereocenters. The van der Waals surface area contributed by atoms with E-state index in [1.165, 1.54) is 12.7 Å². The maximum absolute atomic E-state index is 6.09. The molecule has 35 heavy (non-hydrogen) atoms. The van der Waals surface area contributed by atoms with E-state index in [0.29, 0.717) is 47.3 Å². The molecule has 11 heteroatoms. The molecule has 11 nitrogen and oxygen atoms in total. The zero-order valence-electron chi connectivity index (χ0n) is 18.9. The van der Waals surface area contributed by atoms with Gasteiger partial charge in [-0.1, -0.05) is 0 Å². The van der Waals surface area contributed by atoms with E-state index in [2.05, 4.69) is 35.3 Å². The summed E-state index contributed by atoms with van der Waals surface area (Å²) in [6.45, 7) is 3.48. The van der Waals surface area contributed by atoms with Crippen LogP contribution in [0.4, 0.5) is 17.5 Å². The standard InChI is InChI=1S/C24H21N9O2/c1-14-8-15(2-3-19(14)35-16-4-5-33-21(9-16)27-13-29-33)30-23-22-17(26-12-28-23)11-25-24(31-22)32-6-7-34-20-10-18(20)32/h2-5,8-9,11-13,18,20H,6-7,10H2,1H3,(H,26,28,30). The van der Waals surface area contributed by atoms with Crippen LogP contribution < -0.4 is 15.0 Å². The molecular weight excluding hydrogens is 446 g/mol. The first-order valence-corrected chi connectivity index (χ1v) is 11.4. The molecule has 1 aromatic carbocycles. The van der Waals surface area contributed by atoms with Crippen molar-refractivity contribution in [3.05, 3.63) is 60.9 Å². The third kappa shape index (κ3) is 3.66. The molecule has 1 N–H and O–H groups in total. The molecule has 1 aliphatic heterocycles. The minimum Gasteiger partial charge on any atom is -0.457 e. The molecule has 1 saturated heterocycles. The average Bonchev–Trinajstić information content (AvgIpc) is 3.53. The van der Waals surface area contributed by atoms with Gasteiger partial charge in [0.25, 0.3) is 0 Å². The van der Waals surface area contributed by atoms with Gasteiger partial charge < -0.3 is 19.7 Å². The van der Waals surface area contributed by atoms with Crippen molar-refractivity contribution in [2.75, 3.05) is 23.4 Å². The predicted molar refractivity (Wildman–Crippen MR) is 128 cm³/mol. The third-order valence-corrected chi connectivity index (χ3v) is 6.30. The van der Waals surface area contributed by atoms with Crippen LogP contribution in [0.1, 0.15) is 12.0 Å². The fraction of sp³-hybridized carbons (Fsp3) is 0.250. The normalized spacial score (nSPS) is 19.1. The summed E-state index contributed by atoms with van der Waals surface area (Å²) in [7, 11) is 0. The van der Waals surface area contributed by atoms with Crippen LogP contribution in [0.2, 0.25) is 0 Å². The second-order valence-corrected chi connectivity index (χ2v) is 8.66. The van der Waals surface area contributed by atoms with Gasteiger partial charge in [-0.05, 0) is 43.2 Å². The average molecular weight is 467 g/mol. The minimum atomic E-state index is 0.301. The summed E-state index contributed by atoms with van der Waals surface area (Å²) in [5.41, 5.74) is 3.94. The molecular formula is C24H21N9O2. The molecule has 5 heterocycles. The van der Waals surface area contributed by atoms with Gasteiger partial charge in [-0.15, -0.1) is 0 Å². The molecule has 1 aliphatic carbocycles. The molecule has 5 aromatic rings. The highest BCUT2D eigenvalue weighted by Crippen LogP contribution is 2.37. The summed E-state index contributed by atoms with van der Waals surface area (Å²) in [5.74, 6) is 2.77. The van der Waals surface area contributed by atoms with E-state index >= 15 is 0 Å². The Kier molecular flexibility index (Phi) is 4.49. The Balaban J connectivity index is 1.15. The lowest BCUT2D eigenvalue weighted by atomic mass is 10.2. The van der Waals surface area contributed by atoms with Crippen LogP contribution in [0.15, 0.2) is 55.4 Å². The first-order chi connectivity index (χ1) is 17.2. The first kappa shape index (κ1) is 20.0. The Morgan fingerprint density at radius 1 is 1.09 bits per heavy atom. The van der Waals surface area contributed by atoms with Crippen molar-refractivity contribution in [3.8, 4) is 11.5 Å². The zero-order chi connectivity index (χ0) is 23.4. The van der Waals surface area contributed by atoms with Crippen molar-refractivity contribution in [2.45, 2.75) is 25.5 Å². The summed E-state index contributed by atoms with van der Waals surface area (Å²) in [6, 6.07) is 9.96. The largest absolute Gasteiger partial charge is 0.457 e. The fourth-order valence-corrected chi connectivity index (χ4v) is 4.42. The van der Waals surface area contributed by atoms with Crippen molar-refractivity contribution in [3.63, 3.8) is 0 Å². The van der Waals surface area contributed by atoms with Crippen LogP contribution in [0.5, 0.6) is 11.5 Å². The Bertz CT molecular complexity index is 1570. The van der Waals surface area contributed by atoms with Gasteiger partial charge in [-0.3, -0.25) is 0 Å². The number of rotatable bonds is 5. The Hall–Kier alpha value is -4.38. The van der Waals surface area contributed by atoms with E-state index in [0.717, 1.165) is 35.6 Å². The molecule has 2 fully saturated rings. The van der Waals surface area contributed by atoms with Crippen molar-refractivity contribution in [2.24, 2.45) is 0 Å². The van der Waals surface area contributed by atoms with Gasteiger partial charge in [0.05, 0.1) is 24.9 Å². The summed E-state index contributed by atoms with van der Waals surface area (Å²) in [5, 5.41) is 7.50. The Morgan fingerprint density at radius 3 is 3.00 bits per heavy atom. The number of aromatic nitrogens is 7. The number of nitrogens with zero attached hydrogens (tertiary/aromatic N) is 8. The molecule has 0 bridgehead atoms. The highest BCUT2D eigenvalue weighted by Gasteiger charge is 2.46. The Morgan fingerprint density at radius 2 is 2.06 bits per heavy atom. The number of hydrogen-bond donors (Lipinski definition) is 1. The van der Waals surface area contributed by atoms with Crippen LogP contribution in [0.25, 0.3) is 16.7 Å². The van der Waals surface area contributed by atoms with Gasteiger partial charge in [0.1, 0.15) is 35.2 Å². The number of morpholine rings is 1. The van der Waals surface area contributed by atoms with E-state index in [9.17, 15) is 0 Å². The van der Waals surface area contributed by atoms with Crippen LogP contribution in [-0.4, -0.2) is 59.8 Å². The number of anilines is 3. The highest BCUT2D eigenvalue weighted by atomic mass is 16.5. The lowest BCUT2D eigenvalue weighted by Gasteiger charge is -2.26. The summed E-state index contributed by atoms with van der Waals surface area (Å²) >= 11 is 0. The van der Waals surface area contributed by atoms with Gasteiger partial charge in [-0.2, -0.15) is 5.10 Å². The number of pyridine rings is 1. The van der Waals surface area contributed by atoms with Gasteiger partial charge in [0.15, 0.2) is 11.5 Å². The number of aryl methyl sites for hydroxylation is 1. The fourth-order valence-electron chi connectivity index (χ4n) is 4.42. The molecule has 0 spiro atoms.